The van der Waals surface area contributed by atoms with Gasteiger partial charge in [-0.1, -0.05) is 24.3 Å². The molecule has 50 heavy (non-hydrogen) atoms. The molecule has 5 rings (SSSR count). The summed E-state index contributed by atoms with van der Waals surface area (Å²) in [6.45, 7) is -0.728. The van der Waals surface area contributed by atoms with Gasteiger partial charge in [-0.25, -0.2) is 9.59 Å². The van der Waals surface area contributed by atoms with Gasteiger partial charge in [0.2, 0.25) is 6.29 Å². The smallest absolute Gasteiger partial charge is 0.339 e. The predicted molar refractivity (Wildman–Crippen MR) is 169 cm³/mol. The molecule has 1 saturated heterocycles. The second-order valence-electron chi connectivity index (χ2n) is 11.0. The van der Waals surface area contributed by atoms with E-state index in [1.54, 1.807) is 24.3 Å². The molecule has 16 heteroatoms. The van der Waals surface area contributed by atoms with Gasteiger partial charge in [0.25, 0.3) is 0 Å². The van der Waals surface area contributed by atoms with Crippen LogP contribution in [0, 0.1) is 0 Å². The third-order valence-corrected chi connectivity index (χ3v) is 7.40. The Balaban J connectivity index is 1.36. The molecule has 4 aromatic carbocycles. The molecule has 5 atom stereocenters. The molecule has 4 aromatic rings. The monoisotopic (exact) mass is 694 g/mol. The quantitative estimate of drug-likeness (QED) is 0.0684. The minimum Gasteiger partial charge on any atom is -0.508 e. The molecule has 262 valence electrons. The lowest BCUT2D eigenvalue weighted by Crippen LogP contribution is -2.61. The summed E-state index contributed by atoms with van der Waals surface area (Å²) in [5.41, 5.74) is 0.326. The fourth-order valence-electron chi connectivity index (χ4n) is 4.84. The zero-order valence-electron chi connectivity index (χ0n) is 25.5. The van der Waals surface area contributed by atoms with Crippen molar-refractivity contribution in [2.75, 3.05) is 6.61 Å². The van der Waals surface area contributed by atoms with Crippen LogP contribution >= 0.6 is 0 Å². The van der Waals surface area contributed by atoms with E-state index in [0.29, 0.717) is 11.1 Å². The van der Waals surface area contributed by atoms with Crippen molar-refractivity contribution >= 4 is 24.1 Å². The van der Waals surface area contributed by atoms with Crippen molar-refractivity contribution in [3.63, 3.8) is 0 Å². The maximum absolute atomic E-state index is 13.0. The summed E-state index contributed by atoms with van der Waals surface area (Å²) in [6.07, 6.45) is -5.48. The van der Waals surface area contributed by atoms with Gasteiger partial charge in [0.05, 0.1) is 11.1 Å². The van der Waals surface area contributed by atoms with E-state index in [1.165, 1.54) is 30.3 Å². The van der Waals surface area contributed by atoms with Gasteiger partial charge in [-0.2, -0.15) is 0 Å². The summed E-state index contributed by atoms with van der Waals surface area (Å²) in [5.74, 6) is -7.59. The summed E-state index contributed by atoms with van der Waals surface area (Å²) in [5, 5.41) is 99.5. The number of carbonyl (C=O) groups excluding carboxylic acids is 2. The number of aliphatic hydroxyl groups is 2. The summed E-state index contributed by atoms with van der Waals surface area (Å²) in [7, 11) is 0. The van der Waals surface area contributed by atoms with E-state index in [0.717, 1.165) is 24.3 Å². The standard InChI is InChI=1S/C34H30O16/c35-19-7-16(8-20(36)13-19)2-1-15-3-5-21(6-4-15)48-34-31(50-33(46)18-11-24(39)28(42)25(40)12-18)30(44)29(43)26(49-34)14-47-32(45)17-9-22(37)27(41)23(38)10-17/h1-13,26,29-31,34-44H,14H2/b2-1+/t26-,29-,30+,31-,34-/m1/s1. The van der Waals surface area contributed by atoms with Crippen molar-refractivity contribution in [1.82, 2.24) is 0 Å². The average molecular weight is 695 g/mol. The molecule has 1 aliphatic rings. The van der Waals surface area contributed by atoms with Crippen LogP contribution in [-0.2, 0) is 14.2 Å². The van der Waals surface area contributed by atoms with E-state index in [4.69, 9.17) is 18.9 Å². The van der Waals surface area contributed by atoms with Gasteiger partial charge in [-0.3, -0.25) is 0 Å². The summed E-state index contributed by atoms with van der Waals surface area (Å²) >= 11 is 0. The first-order valence-corrected chi connectivity index (χ1v) is 14.6. The molecule has 0 radical (unpaired) electrons. The van der Waals surface area contributed by atoms with Crippen LogP contribution in [0.1, 0.15) is 31.8 Å². The molecule has 1 fully saturated rings. The Labute approximate surface area is 281 Å². The molecular weight excluding hydrogens is 664 g/mol. The first-order valence-electron chi connectivity index (χ1n) is 14.6. The normalized spacial score (nSPS) is 20.3. The van der Waals surface area contributed by atoms with Crippen molar-refractivity contribution in [2.24, 2.45) is 0 Å². The molecule has 0 spiro atoms. The number of carbonyl (C=O) groups is 2. The molecule has 1 aliphatic heterocycles. The van der Waals surface area contributed by atoms with Crippen LogP contribution in [0.15, 0.2) is 66.7 Å². The van der Waals surface area contributed by atoms with Gasteiger partial charge < -0.3 is 70.0 Å². The highest BCUT2D eigenvalue weighted by atomic mass is 16.7. The molecule has 0 saturated carbocycles. The fourth-order valence-corrected chi connectivity index (χ4v) is 4.84. The Morgan fingerprint density at radius 2 is 1.14 bits per heavy atom. The number of phenolic OH excluding ortho intramolecular Hbond substituents is 8. The van der Waals surface area contributed by atoms with Crippen molar-refractivity contribution < 1.29 is 79.6 Å². The van der Waals surface area contributed by atoms with Gasteiger partial charge in [0.15, 0.2) is 40.6 Å². The number of esters is 2. The zero-order chi connectivity index (χ0) is 36.3. The van der Waals surface area contributed by atoms with Gasteiger partial charge in [0.1, 0.15) is 42.2 Å². The lowest BCUT2D eigenvalue weighted by molar-refractivity contribution is -0.276. The van der Waals surface area contributed by atoms with Gasteiger partial charge in [-0.15, -0.1) is 0 Å². The van der Waals surface area contributed by atoms with Crippen LogP contribution in [-0.4, -0.2) is 100 Å². The molecular formula is C34H30O16. The maximum Gasteiger partial charge on any atom is 0.339 e. The number of aromatic hydroxyl groups is 8. The first-order chi connectivity index (χ1) is 23.7. The third kappa shape index (κ3) is 7.84. The average Bonchev–Trinajstić information content (AvgIpc) is 3.07. The van der Waals surface area contributed by atoms with Crippen LogP contribution in [0.25, 0.3) is 12.2 Å². The molecule has 0 unspecified atom stereocenters. The lowest BCUT2D eigenvalue weighted by Gasteiger charge is -2.41. The second kappa shape index (κ2) is 14.4. The highest BCUT2D eigenvalue weighted by Gasteiger charge is 2.49. The number of ether oxygens (including phenoxy) is 4. The SMILES string of the molecule is O=C(OC[C@H]1O[C@@H](Oc2ccc(/C=C/c3cc(O)cc(O)c3)cc2)[C@H](OC(=O)c2cc(O)c(O)c(O)c2)[C@@H](O)[C@@H]1O)c1cc(O)c(O)c(O)c1. The Bertz CT molecular complexity index is 1850. The minimum absolute atomic E-state index is 0.109. The van der Waals surface area contributed by atoms with Crippen molar-refractivity contribution in [2.45, 2.75) is 30.7 Å². The van der Waals surface area contributed by atoms with E-state index < -0.39 is 89.3 Å². The topological polar surface area (TPSA) is 273 Å². The van der Waals surface area contributed by atoms with Crippen LogP contribution < -0.4 is 4.74 Å². The first kappa shape index (κ1) is 35.0. The van der Waals surface area contributed by atoms with Crippen LogP contribution in [0.4, 0.5) is 0 Å². The van der Waals surface area contributed by atoms with Crippen molar-refractivity contribution in [1.29, 1.82) is 0 Å². The Morgan fingerprint density at radius 3 is 1.68 bits per heavy atom. The Kier molecular flexibility index (Phi) is 10.1. The number of phenols is 8. The molecule has 10 N–H and O–H groups in total. The summed E-state index contributed by atoms with van der Waals surface area (Å²) in [4.78, 5) is 25.6. The third-order valence-electron chi connectivity index (χ3n) is 7.40. The van der Waals surface area contributed by atoms with Crippen molar-refractivity contribution in [3.05, 3.63) is 89.0 Å². The molecule has 16 nitrogen and oxygen atoms in total. The Morgan fingerprint density at radius 1 is 0.640 bits per heavy atom. The number of hydrogen-bond acceptors (Lipinski definition) is 16. The van der Waals surface area contributed by atoms with Crippen LogP contribution in [0.5, 0.6) is 51.7 Å². The Hall–Kier alpha value is -6.36. The fraction of sp³-hybridized carbons (Fsp3) is 0.176. The van der Waals surface area contributed by atoms with Crippen molar-refractivity contribution in [3.8, 4) is 51.7 Å². The van der Waals surface area contributed by atoms with Gasteiger partial charge in [-0.05, 0) is 59.7 Å². The molecule has 0 bridgehead atoms. The van der Waals surface area contributed by atoms with E-state index in [9.17, 15) is 60.7 Å². The van der Waals surface area contributed by atoms with Crippen LogP contribution in [0.2, 0.25) is 0 Å². The zero-order valence-corrected chi connectivity index (χ0v) is 25.5. The van der Waals surface area contributed by atoms with E-state index >= 15 is 0 Å². The number of benzene rings is 4. The van der Waals surface area contributed by atoms with Gasteiger partial charge in [0, 0.05) is 6.07 Å². The predicted octanol–water partition coefficient (Wildman–Crippen LogP) is 2.41. The largest absolute Gasteiger partial charge is 0.508 e. The molecule has 0 aromatic heterocycles. The minimum atomic E-state index is -1.94. The molecule has 0 aliphatic carbocycles. The maximum atomic E-state index is 13.0. The number of rotatable bonds is 9. The van der Waals surface area contributed by atoms with Gasteiger partial charge >= 0.3 is 11.9 Å². The van der Waals surface area contributed by atoms with E-state index in [1.807, 2.05) is 0 Å². The second-order valence-corrected chi connectivity index (χ2v) is 11.0. The van der Waals surface area contributed by atoms with E-state index in [-0.39, 0.29) is 22.8 Å². The summed E-state index contributed by atoms with van der Waals surface area (Å²) in [6, 6.07) is 13.4. The van der Waals surface area contributed by atoms with E-state index in [2.05, 4.69) is 0 Å². The number of hydrogen-bond donors (Lipinski definition) is 10. The highest BCUT2D eigenvalue weighted by molar-refractivity contribution is 5.91. The molecule has 0 amide bonds. The molecule has 1 heterocycles. The summed E-state index contributed by atoms with van der Waals surface area (Å²) < 4.78 is 22.1. The van der Waals surface area contributed by atoms with Crippen LogP contribution in [0.3, 0.4) is 0 Å². The number of aliphatic hydroxyl groups excluding tert-OH is 2. The lowest BCUT2D eigenvalue weighted by atomic mass is 9.99. The highest BCUT2D eigenvalue weighted by Crippen LogP contribution is 2.37.